The molecule has 1 aromatic carbocycles. The predicted octanol–water partition coefficient (Wildman–Crippen LogP) is 4.74. The Morgan fingerprint density at radius 2 is 1.92 bits per heavy atom. The first kappa shape index (κ1) is 17.9. The summed E-state index contributed by atoms with van der Waals surface area (Å²) in [6.45, 7) is 6.22. The summed E-state index contributed by atoms with van der Waals surface area (Å²) >= 11 is 0. The minimum absolute atomic E-state index is 0.107. The predicted molar refractivity (Wildman–Crippen MR) is 102 cm³/mol. The van der Waals surface area contributed by atoms with Crippen molar-refractivity contribution in [3.8, 4) is 11.3 Å². The Balaban J connectivity index is 1.57. The number of pyridine rings is 1. The maximum Gasteiger partial charge on any atom is 0.226 e. The summed E-state index contributed by atoms with van der Waals surface area (Å²) in [6.07, 6.45) is 2.45. The average Bonchev–Trinajstić information content (AvgIpc) is 3.09. The lowest BCUT2D eigenvalue weighted by Gasteiger charge is -2.05. The van der Waals surface area contributed by atoms with E-state index < -0.39 is 0 Å². The molecule has 26 heavy (non-hydrogen) atoms. The molecule has 0 saturated heterocycles. The quantitative estimate of drug-likeness (QED) is 0.698. The summed E-state index contributed by atoms with van der Waals surface area (Å²) in [7, 11) is 0. The third-order valence-electron chi connectivity index (χ3n) is 4.14. The molecule has 2 aromatic heterocycles. The van der Waals surface area contributed by atoms with Crippen LogP contribution in [-0.4, -0.2) is 15.9 Å². The lowest BCUT2D eigenvalue weighted by Crippen LogP contribution is -2.13. The number of hydrogen-bond acceptors (Lipinski definition) is 4. The van der Waals surface area contributed by atoms with Gasteiger partial charge in [-0.15, -0.1) is 0 Å². The van der Waals surface area contributed by atoms with Gasteiger partial charge in [0.25, 0.3) is 0 Å². The Morgan fingerprint density at radius 1 is 1.15 bits per heavy atom. The molecule has 0 bridgehead atoms. The van der Waals surface area contributed by atoms with Crippen molar-refractivity contribution in [3.05, 3.63) is 65.8 Å². The number of aryl methyl sites for hydroxylation is 2. The standard InChI is InChI=1S/C21H23N3O2/c1-14(2)16-7-9-17(10-8-16)18-13-22-21(26-18)12-11-20(25)24-19-6-4-5-15(3)23-19/h4-10,13-14H,11-12H2,1-3H3,(H,23,24,25). The number of hydrogen-bond donors (Lipinski definition) is 1. The van der Waals surface area contributed by atoms with Gasteiger partial charge in [-0.05, 0) is 30.5 Å². The maximum atomic E-state index is 12.1. The van der Waals surface area contributed by atoms with E-state index in [1.165, 1.54) is 5.56 Å². The molecule has 1 N–H and O–H groups in total. The fourth-order valence-corrected chi connectivity index (χ4v) is 2.63. The van der Waals surface area contributed by atoms with E-state index in [-0.39, 0.29) is 5.91 Å². The van der Waals surface area contributed by atoms with E-state index in [0.29, 0.717) is 30.5 Å². The highest BCUT2D eigenvalue weighted by Crippen LogP contribution is 2.23. The van der Waals surface area contributed by atoms with Crippen molar-refractivity contribution in [1.82, 2.24) is 9.97 Å². The molecule has 5 nitrogen and oxygen atoms in total. The molecule has 0 unspecified atom stereocenters. The topological polar surface area (TPSA) is 68.0 Å². The Morgan fingerprint density at radius 3 is 2.62 bits per heavy atom. The molecule has 5 heteroatoms. The van der Waals surface area contributed by atoms with Crippen LogP contribution in [-0.2, 0) is 11.2 Å². The fourth-order valence-electron chi connectivity index (χ4n) is 2.63. The molecule has 0 radical (unpaired) electrons. The highest BCUT2D eigenvalue weighted by atomic mass is 16.4. The van der Waals surface area contributed by atoms with Gasteiger partial charge in [0.2, 0.25) is 5.91 Å². The van der Waals surface area contributed by atoms with Gasteiger partial charge in [-0.3, -0.25) is 4.79 Å². The third-order valence-corrected chi connectivity index (χ3v) is 4.14. The first-order valence-corrected chi connectivity index (χ1v) is 8.80. The zero-order valence-corrected chi connectivity index (χ0v) is 15.3. The SMILES string of the molecule is Cc1cccc(NC(=O)CCc2ncc(-c3ccc(C(C)C)cc3)o2)n1. The van der Waals surface area contributed by atoms with Crippen molar-refractivity contribution >= 4 is 11.7 Å². The summed E-state index contributed by atoms with van der Waals surface area (Å²) in [4.78, 5) is 20.6. The molecule has 134 valence electrons. The lowest BCUT2D eigenvalue weighted by atomic mass is 10.0. The van der Waals surface area contributed by atoms with Crippen molar-refractivity contribution in [3.63, 3.8) is 0 Å². The van der Waals surface area contributed by atoms with Crippen LogP contribution < -0.4 is 5.32 Å². The van der Waals surface area contributed by atoms with Crippen LogP contribution in [0.25, 0.3) is 11.3 Å². The van der Waals surface area contributed by atoms with Gasteiger partial charge in [0.1, 0.15) is 5.82 Å². The molecule has 0 aliphatic carbocycles. The number of benzene rings is 1. The molecule has 1 amide bonds. The van der Waals surface area contributed by atoms with Crippen LogP contribution in [0.15, 0.2) is 53.1 Å². The number of rotatable bonds is 6. The second-order valence-corrected chi connectivity index (χ2v) is 6.61. The summed E-state index contributed by atoms with van der Waals surface area (Å²) in [5, 5.41) is 2.79. The molecule has 0 fully saturated rings. The molecule has 2 heterocycles. The van der Waals surface area contributed by atoms with Crippen LogP contribution in [0.2, 0.25) is 0 Å². The molecule has 0 atom stereocenters. The van der Waals surface area contributed by atoms with Crippen molar-refractivity contribution in [1.29, 1.82) is 0 Å². The Kier molecular flexibility index (Phi) is 5.46. The monoisotopic (exact) mass is 349 g/mol. The van der Waals surface area contributed by atoms with E-state index in [1.54, 1.807) is 12.3 Å². The van der Waals surface area contributed by atoms with Gasteiger partial charge < -0.3 is 9.73 Å². The second-order valence-electron chi connectivity index (χ2n) is 6.61. The van der Waals surface area contributed by atoms with Gasteiger partial charge in [0, 0.05) is 24.1 Å². The van der Waals surface area contributed by atoms with Gasteiger partial charge in [0.05, 0.1) is 6.20 Å². The zero-order valence-electron chi connectivity index (χ0n) is 15.3. The van der Waals surface area contributed by atoms with Gasteiger partial charge in [-0.1, -0.05) is 44.2 Å². The number of carbonyl (C=O) groups excluding carboxylic acids is 1. The number of nitrogens with one attached hydrogen (secondary N) is 1. The first-order chi connectivity index (χ1) is 12.5. The fraction of sp³-hybridized carbons (Fsp3) is 0.286. The molecule has 0 spiro atoms. The van der Waals surface area contributed by atoms with E-state index in [9.17, 15) is 4.79 Å². The number of amides is 1. The minimum Gasteiger partial charge on any atom is -0.441 e. The molecule has 0 aliphatic rings. The molecular weight excluding hydrogens is 326 g/mol. The zero-order chi connectivity index (χ0) is 18.5. The average molecular weight is 349 g/mol. The van der Waals surface area contributed by atoms with Gasteiger partial charge in [0.15, 0.2) is 11.7 Å². The van der Waals surface area contributed by atoms with Crippen LogP contribution in [0.1, 0.15) is 43.3 Å². The highest BCUT2D eigenvalue weighted by molar-refractivity contribution is 5.89. The number of anilines is 1. The Hall–Kier alpha value is -2.95. The molecular formula is C21H23N3O2. The summed E-state index contributed by atoms with van der Waals surface area (Å²) in [6, 6.07) is 13.8. The minimum atomic E-state index is -0.107. The summed E-state index contributed by atoms with van der Waals surface area (Å²) < 4.78 is 5.78. The summed E-state index contributed by atoms with van der Waals surface area (Å²) in [5.41, 5.74) is 3.14. The van der Waals surface area contributed by atoms with Crippen LogP contribution >= 0.6 is 0 Å². The lowest BCUT2D eigenvalue weighted by molar-refractivity contribution is -0.116. The normalized spacial score (nSPS) is 10.9. The van der Waals surface area contributed by atoms with Crippen LogP contribution in [0, 0.1) is 6.92 Å². The smallest absolute Gasteiger partial charge is 0.226 e. The van der Waals surface area contributed by atoms with Crippen LogP contribution in [0.4, 0.5) is 5.82 Å². The maximum absolute atomic E-state index is 12.1. The molecule has 0 aliphatic heterocycles. The molecule has 3 aromatic rings. The van der Waals surface area contributed by atoms with E-state index in [0.717, 1.165) is 17.0 Å². The molecule has 3 rings (SSSR count). The van der Waals surface area contributed by atoms with E-state index in [2.05, 4.69) is 41.3 Å². The third kappa shape index (κ3) is 4.57. The van der Waals surface area contributed by atoms with Crippen molar-refractivity contribution < 1.29 is 9.21 Å². The van der Waals surface area contributed by atoms with Crippen LogP contribution in [0.3, 0.4) is 0 Å². The number of nitrogens with zero attached hydrogens (tertiary/aromatic N) is 2. The van der Waals surface area contributed by atoms with Crippen molar-refractivity contribution in [2.24, 2.45) is 0 Å². The van der Waals surface area contributed by atoms with Gasteiger partial charge in [-0.2, -0.15) is 0 Å². The van der Waals surface area contributed by atoms with E-state index in [4.69, 9.17) is 4.42 Å². The Bertz CT molecular complexity index is 882. The number of aromatic nitrogens is 2. The van der Waals surface area contributed by atoms with Crippen LogP contribution in [0.5, 0.6) is 0 Å². The molecule has 0 saturated carbocycles. The Labute approximate surface area is 153 Å². The largest absolute Gasteiger partial charge is 0.441 e. The van der Waals surface area contributed by atoms with Gasteiger partial charge in [-0.25, -0.2) is 9.97 Å². The van der Waals surface area contributed by atoms with Gasteiger partial charge >= 0.3 is 0 Å². The highest BCUT2D eigenvalue weighted by Gasteiger charge is 2.10. The van der Waals surface area contributed by atoms with E-state index >= 15 is 0 Å². The summed E-state index contributed by atoms with van der Waals surface area (Å²) in [5.74, 6) is 2.23. The van der Waals surface area contributed by atoms with Crippen molar-refractivity contribution in [2.45, 2.75) is 39.5 Å². The second kappa shape index (κ2) is 7.95. The first-order valence-electron chi connectivity index (χ1n) is 8.80. The van der Waals surface area contributed by atoms with Crippen molar-refractivity contribution in [2.75, 3.05) is 5.32 Å². The van der Waals surface area contributed by atoms with E-state index in [1.807, 2.05) is 31.2 Å². The number of carbonyl (C=O) groups is 1. The number of oxazole rings is 1.